The van der Waals surface area contributed by atoms with Gasteiger partial charge in [-0.15, -0.1) is 0 Å². The highest BCUT2D eigenvalue weighted by Crippen LogP contribution is 2.28. The van der Waals surface area contributed by atoms with Crippen molar-refractivity contribution in [1.82, 2.24) is 15.5 Å². The molecule has 2 aliphatic heterocycles. The van der Waals surface area contributed by atoms with Crippen LogP contribution in [0.5, 0.6) is 0 Å². The monoisotopic (exact) mass is 265 g/mol. The molecule has 3 unspecified atom stereocenters. The van der Waals surface area contributed by atoms with Crippen molar-refractivity contribution >= 4 is 11.8 Å². The Balaban J connectivity index is 1.72. The van der Waals surface area contributed by atoms with Crippen LogP contribution < -0.4 is 10.6 Å². The van der Waals surface area contributed by atoms with Crippen LogP contribution in [0.15, 0.2) is 0 Å². The summed E-state index contributed by atoms with van der Waals surface area (Å²) in [5, 5.41) is 6.27. The van der Waals surface area contributed by atoms with Crippen molar-refractivity contribution in [2.75, 3.05) is 19.6 Å². The molecule has 2 N–H and O–H groups in total. The van der Waals surface area contributed by atoms with Gasteiger partial charge in [-0.2, -0.15) is 0 Å². The number of hydrogen-bond donors (Lipinski definition) is 2. The Hall–Kier alpha value is -1.10. The first-order valence-corrected chi connectivity index (χ1v) is 7.47. The summed E-state index contributed by atoms with van der Waals surface area (Å²) >= 11 is 0. The molecule has 0 spiro atoms. The van der Waals surface area contributed by atoms with Gasteiger partial charge in [-0.25, -0.2) is 0 Å². The second-order valence-electron chi connectivity index (χ2n) is 6.20. The zero-order valence-corrected chi connectivity index (χ0v) is 11.5. The van der Waals surface area contributed by atoms with Crippen molar-refractivity contribution in [2.45, 2.75) is 44.7 Å². The van der Waals surface area contributed by atoms with Crippen LogP contribution in [0.25, 0.3) is 0 Å². The summed E-state index contributed by atoms with van der Waals surface area (Å²) in [6, 6.07) is 0.417. The van der Waals surface area contributed by atoms with E-state index in [-0.39, 0.29) is 36.4 Å². The highest BCUT2D eigenvalue weighted by atomic mass is 16.2. The number of hydrogen-bond acceptors (Lipinski definition) is 3. The Morgan fingerprint density at radius 3 is 2.74 bits per heavy atom. The smallest absolute Gasteiger partial charge is 0.239 e. The Bertz CT molecular complexity index is 381. The Morgan fingerprint density at radius 1 is 1.32 bits per heavy atom. The predicted molar refractivity (Wildman–Crippen MR) is 71.4 cm³/mol. The molecular weight excluding hydrogens is 242 g/mol. The lowest BCUT2D eigenvalue weighted by Crippen LogP contribution is -2.64. The Labute approximate surface area is 114 Å². The fourth-order valence-corrected chi connectivity index (χ4v) is 3.55. The topological polar surface area (TPSA) is 61.4 Å². The first kappa shape index (κ1) is 12.9. The minimum atomic E-state index is 0.00966. The van der Waals surface area contributed by atoms with Crippen molar-refractivity contribution in [3.05, 3.63) is 0 Å². The minimum absolute atomic E-state index is 0.00966. The molecule has 0 radical (unpaired) electrons. The van der Waals surface area contributed by atoms with Gasteiger partial charge in [-0.1, -0.05) is 19.8 Å². The van der Waals surface area contributed by atoms with E-state index in [4.69, 9.17) is 0 Å². The second kappa shape index (κ2) is 5.12. The maximum Gasteiger partial charge on any atom is 0.239 e. The van der Waals surface area contributed by atoms with Gasteiger partial charge in [0, 0.05) is 12.0 Å². The van der Waals surface area contributed by atoms with Gasteiger partial charge in [0.15, 0.2) is 0 Å². The molecule has 3 rings (SSSR count). The van der Waals surface area contributed by atoms with Crippen molar-refractivity contribution in [2.24, 2.45) is 11.8 Å². The number of carbonyl (C=O) groups excluding carboxylic acids is 2. The molecule has 106 valence electrons. The van der Waals surface area contributed by atoms with Crippen molar-refractivity contribution in [3.63, 3.8) is 0 Å². The van der Waals surface area contributed by atoms with Gasteiger partial charge in [-0.05, 0) is 31.8 Å². The molecule has 0 aromatic rings. The third kappa shape index (κ3) is 2.36. The summed E-state index contributed by atoms with van der Waals surface area (Å²) in [5.74, 6) is 0.669. The highest BCUT2D eigenvalue weighted by Gasteiger charge is 2.41. The van der Waals surface area contributed by atoms with Gasteiger partial charge >= 0.3 is 0 Å². The maximum atomic E-state index is 12.7. The standard InChI is InChI=1S/C14H23N3O2/c1-9(10-6-15-7-10)14(19)17-8-13(18)16-11-4-2-3-5-12(11)17/h9-12,15H,2-8H2,1H3,(H,16,18). The SMILES string of the molecule is CC(C(=O)N1CC(=O)NC2CCCCC21)C1CNC1. The summed E-state index contributed by atoms with van der Waals surface area (Å²) in [5.41, 5.74) is 0. The molecular formula is C14H23N3O2. The van der Waals surface area contributed by atoms with E-state index in [0.717, 1.165) is 32.4 Å². The molecule has 5 heteroatoms. The van der Waals surface area contributed by atoms with Crippen LogP contribution in [-0.4, -0.2) is 48.4 Å². The Morgan fingerprint density at radius 2 is 2.05 bits per heavy atom. The number of piperazine rings is 1. The minimum Gasteiger partial charge on any atom is -0.350 e. The van der Waals surface area contributed by atoms with Gasteiger partial charge in [0.2, 0.25) is 11.8 Å². The van der Waals surface area contributed by atoms with Crippen molar-refractivity contribution in [1.29, 1.82) is 0 Å². The summed E-state index contributed by atoms with van der Waals surface area (Å²) in [7, 11) is 0. The van der Waals surface area contributed by atoms with Gasteiger partial charge in [-0.3, -0.25) is 9.59 Å². The van der Waals surface area contributed by atoms with Crippen LogP contribution in [0.1, 0.15) is 32.6 Å². The van der Waals surface area contributed by atoms with Crippen LogP contribution in [0, 0.1) is 11.8 Å². The lowest BCUT2D eigenvalue weighted by molar-refractivity contribution is -0.148. The van der Waals surface area contributed by atoms with E-state index in [0.29, 0.717) is 5.92 Å². The van der Waals surface area contributed by atoms with Gasteiger partial charge in [0.05, 0.1) is 12.6 Å². The van der Waals surface area contributed by atoms with E-state index in [2.05, 4.69) is 10.6 Å². The average Bonchev–Trinajstić information content (AvgIpc) is 2.34. The summed E-state index contributed by atoms with van der Waals surface area (Å²) in [6.45, 7) is 4.13. The van der Waals surface area contributed by atoms with E-state index in [1.54, 1.807) is 0 Å². The number of amides is 2. The van der Waals surface area contributed by atoms with Crippen molar-refractivity contribution < 1.29 is 9.59 Å². The predicted octanol–water partition coefficient (Wildman–Crippen LogP) is 0.112. The molecule has 2 amide bonds. The average molecular weight is 265 g/mol. The zero-order valence-electron chi connectivity index (χ0n) is 11.5. The lowest BCUT2D eigenvalue weighted by atomic mass is 9.84. The number of fused-ring (bicyclic) bond motifs is 1. The van der Waals surface area contributed by atoms with Gasteiger partial charge in [0.25, 0.3) is 0 Å². The van der Waals surface area contributed by atoms with Crippen LogP contribution in [0.3, 0.4) is 0 Å². The molecule has 0 aromatic carbocycles. The number of rotatable bonds is 2. The quantitative estimate of drug-likeness (QED) is 0.745. The van der Waals surface area contributed by atoms with Gasteiger partial charge in [0.1, 0.15) is 0 Å². The third-order valence-corrected chi connectivity index (χ3v) is 4.98. The molecule has 1 aliphatic carbocycles. The molecule has 3 fully saturated rings. The van der Waals surface area contributed by atoms with Crippen LogP contribution in [0.2, 0.25) is 0 Å². The van der Waals surface area contributed by atoms with Crippen LogP contribution >= 0.6 is 0 Å². The van der Waals surface area contributed by atoms with Crippen molar-refractivity contribution in [3.8, 4) is 0 Å². The number of carbonyl (C=O) groups is 2. The van der Waals surface area contributed by atoms with E-state index in [1.165, 1.54) is 6.42 Å². The first-order valence-electron chi connectivity index (χ1n) is 7.47. The van der Waals surface area contributed by atoms with E-state index < -0.39 is 0 Å². The molecule has 0 bridgehead atoms. The molecule has 0 aromatic heterocycles. The fraction of sp³-hybridized carbons (Fsp3) is 0.857. The molecule has 5 nitrogen and oxygen atoms in total. The molecule has 1 saturated carbocycles. The summed E-state index contributed by atoms with van der Waals surface area (Å²) in [6.07, 6.45) is 4.37. The van der Waals surface area contributed by atoms with Crippen LogP contribution in [0.4, 0.5) is 0 Å². The highest BCUT2D eigenvalue weighted by molar-refractivity contribution is 5.87. The number of nitrogens with zero attached hydrogens (tertiary/aromatic N) is 1. The van der Waals surface area contributed by atoms with Crippen LogP contribution in [-0.2, 0) is 9.59 Å². The van der Waals surface area contributed by atoms with E-state index in [9.17, 15) is 9.59 Å². The Kier molecular flexibility index (Phi) is 3.48. The maximum absolute atomic E-state index is 12.7. The van der Waals surface area contributed by atoms with Gasteiger partial charge < -0.3 is 15.5 Å². The zero-order chi connectivity index (χ0) is 13.4. The summed E-state index contributed by atoms with van der Waals surface area (Å²) in [4.78, 5) is 26.3. The molecule has 3 atom stereocenters. The lowest BCUT2D eigenvalue weighted by Gasteiger charge is -2.46. The number of nitrogens with one attached hydrogen (secondary N) is 2. The molecule has 2 saturated heterocycles. The molecule has 3 aliphatic rings. The normalized spacial score (nSPS) is 33.1. The summed E-state index contributed by atoms with van der Waals surface area (Å²) < 4.78 is 0. The molecule has 19 heavy (non-hydrogen) atoms. The third-order valence-electron chi connectivity index (χ3n) is 4.98. The largest absolute Gasteiger partial charge is 0.350 e. The van der Waals surface area contributed by atoms with E-state index >= 15 is 0 Å². The first-order chi connectivity index (χ1) is 9.16. The second-order valence-corrected chi connectivity index (χ2v) is 6.20. The van der Waals surface area contributed by atoms with E-state index in [1.807, 2.05) is 11.8 Å². The fourth-order valence-electron chi connectivity index (χ4n) is 3.55. The molecule has 2 heterocycles.